The van der Waals surface area contributed by atoms with Crippen molar-refractivity contribution in [3.63, 3.8) is 0 Å². The van der Waals surface area contributed by atoms with Crippen molar-refractivity contribution in [2.45, 2.75) is 39.3 Å². The molecule has 0 aromatic rings. The Hall–Kier alpha value is -0.610. The molecule has 0 unspecified atom stereocenters. The van der Waals surface area contributed by atoms with Crippen LogP contribution in [0.3, 0.4) is 0 Å². The summed E-state index contributed by atoms with van der Waals surface area (Å²) in [4.78, 5) is 13.2. The fraction of sp³-hybridized carbons (Fsp3) is 0.900. The number of carbonyl (C=O) groups excluding carboxylic acids is 1. The molecule has 0 bridgehead atoms. The maximum atomic E-state index is 11.6. The zero-order valence-corrected chi connectivity index (χ0v) is 9.79. The molecule has 84 valence electrons. The van der Waals surface area contributed by atoms with Gasteiger partial charge in [-0.25, -0.2) is 0 Å². The van der Waals surface area contributed by atoms with E-state index < -0.39 is 5.54 Å². The summed E-state index contributed by atoms with van der Waals surface area (Å²) < 4.78 is 0. The summed E-state index contributed by atoms with van der Waals surface area (Å²) in [5, 5.41) is 12.1. The zero-order chi connectivity index (χ0) is 11.4. The van der Waals surface area contributed by atoms with Gasteiger partial charge in [-0.3, -0.25) is 4.79 Å². The first-order chi connectivity index (χ1) is 6.31. The summed E-state index contributed by atoms with van der Waals surface area (Å²) in [5.74, 6) is -0.00208. The summed E-state index contributed by atoms with van der Waals surface area (Å²) in [6.07, 6.45) is 0. The van der Waals surface area contributed by atoms with Gasteiger partial charge in [0.1, 0.15) is 0 Å². The van der Waals surface area contributed by atoms with E-state index in [1.807, 2.05) is 27.7 Å². The molecule has 14 heavy (non-hydrogen) atoms. The third-order valence-corrected chi connectivity index (χ3v) is 2.33. The third-order valence-electron chi connectivity index (χ3n) is 2.33. The monoisotopic (exact) mass is 202 g/mol. The van der Waals surface area contributed by atoms with E-state index in [2.05, 4.69) is 5.32 Å². The maximum absolute atomic E-state index is 11.6. The minimum atomic E-state index is -0.490. The summed E-state index contributed by atoms with van der Waals surface area (Å²) in [7, 11) is 1.71. The summed E-state index contributed by atoms with van der Waals surface area (Å²) in [6, 6.07) is 0.296. The zero-order valence-electron chi connectivity index (χ0n) is 9.79. The van der Waals surface area contributed by atoms with Gasteiger partial charge in [0.15, 0.2) is 0 Å². The average molecular weight is 202 g/mol. The van der Waals surface area contributed by atoms with Crippen LogP contribution >= 0.6 is 0 Å². The highest BCUT2D eigenvalue weighted by atomic mass is 16.3. The lowest BCUT2D eigenvalue weighted by atomic mass is 10.1. The van der Waals surface area contributed by atoms with Crippen LogP contribution in [0.4, 0.5) is 0 Å². The van der Waals surface area contributed by atoms with Crippen molar-refractivity contribution in [1.82, 2.24) is 10.2 Å². The Kier molecular flexibility index (Phi) is 5.08. The van der Waals surface area contributed by atoms with Crippen LogP contribution in [0.25, 0.3) is 0 Å². The highest BCUT2D eigenvalue weighted by Crippen LogP contribution is 2.10. The molecule has 0 saturated carbocycles. The first-order valence-electron chi connectivity index (χ1n) is 4.92. The van der Waals surface area contributed by atoms with Crippen molar-refractivity contribution in [3.8, 4) is 0 Å². The smallest absolute Gasteiger partial charge is 0.236 e. The molecule has 2 N–H and O–H groups in total. The molecule has 4 heteroatoms. The first kappa shape index (κ1) is 13.4. The van der Waals surface area contributed by atoms with Gasteiger partial charge in [-0.15, -0.1) is 0 Å². The second kappa shape index (κ2) is 5.32. The molecule has 0 heterocycles. The second-order valence-corrected chi connectivity index (χ2v) is 4.46. The lowest BCUT2D eigenvalue weighted by Gasteiger charge is -2.34. The highest BCUT2D eigenvalue weighted by Gasteiger charge is 2.26. The Morgan fingerprint density at radius 1 is 1.50 bits per heavy atom. The molecule has 1 amide bonds. The van der Waals surface area contributed by atoms with Crippen molar-refractivity contribution in [1.29, 1.82) is 0 Å². The van der Waals surface area contributed by atoms with Crippen LogP contribution in [0.15, 0.2) is 0 Å². The molecule has 0 aromatic carbocycles. The Bertz CT molecular complexity index is 191. The van der Waals surface area contributed by atoms with Gasteiger partial charge in [0.2, 0.25) is 5.91 Å². The lowest BCUT2D eigenvalue weighted by Crippen LogP contribution is -2.50. The molecule has 0 aromatic heterocycles. The first-order valence-corrected chi connectivity index (χ1v) is 4.92. The van der Waals surface area contributed by atoms with Gasteiger partial charge < -0.3 is 15.3 Å². The molecule has 4 nitrogen and oxygen atoms in total. The minimum Gasteiger partial charge on any atom is -0.394 e. The third kappa shape index (κ3) is 4.07. The average Bonchev–Trinajstić information content (AvgIpc) is 2.12. The van der Waals surface area contributed by atoms with Crippen LogP contribution in [-0.4, -0.2) is 47.7 Å². The van der Waals surface area contributed by atoms with Crippen molar-refractivity contribution in [2.75, 3.05) is 20.2 Å². The van der Waals surface area contributed by atoms with Gasteiger partial charge in [-0.2, -0.15) is 0 Å². The van der Waals surface area contributed by atoms with E-state index in [1.54, 1.807) is 11.9 Å². The van der Waals surface area contributed by atoms with Crippen molar-refractivity contribution in [2.24, 2.45) is 0 Å². The molecule has 0 saturated heterocycles. The Morgan fingerprint density at radius 2 is 2.00 bits per heavy atom. The van der Waals surface area contributed by atoms with Crippen LogP contribution in [0.2, 0.25) is 0 Å². The van der Waals surface area contributed by atoms with E-state index in [0.717, 1.165) is 0 Å². The van der Waals surface area contributed by atoms with E-state index in [9.17, 15) is 4.79 Å². The molecular formula is C10H22N2O2. The van der Waals surface area contributed by atoms with Gasteiger partial charge >= 0.3 is 0 Å². The van der Waals surface area contributed by atoms with Gasteiger partial charge in [-0.05, 0) is 13.8 Å². The Morgan fingerprint density at radius 3 is 2.36 bits per heavy atom. The van der Waals surface area contributed by atoms with Crippen molar-refractivity contribution >= 4 is 5.91 Å². The SMILES string of the molecule is CC(C)NCC(=O)N(C)C(C)(C)CO. The number of carbonyl (C=O) groups is 1. The molecule has 0 fully saturated rings. The minimum absolute atomic E-state index is 0.00208. The number of hydrogen-bond acceptors (Lipinski definition) is 3. The summed E-state index contributed by atoms with van der Waals surface area (Å²) in [5.41, 5.74) is -0.490. The summed E-state index contributed by atoms with van der Waals surface area (Å²) >= 11 is 0. The molecular weight excluding hydrogens is 180 g/mol. The number of amides is 1. The molecule has 0 aliphatic heterocycles. The predicted molar refractivity (Wildman–Crippen MR) is 57.1 cm³/mol. The van der Waals surface area contributed by atoms with E-state index in [1.165, 1.54) is 0 Å². The topological polar surface area (TPSA) is 52.6 Å². The normalized spacial score (nSPS) is 11.9. The van der Waals surface area contributed by atoms with Crippen LogP contribution in [0, 0.1) is 0 Å². The van der Waals surface area contributed by atoms with Crippen molar-refractivity contribution in [3.05, 3.63) is 0 Å². The molecule has 0 radical (unpaired) electrons. The number of nitrogens with one attached hydrogen (secondary N) is 1. The van der Waals surface area contributed by atoms with E-state index >= 15 is 0 Å². The van der Waals surface area contributed by atoms with Crippen LogP contribution in [0.5, 0.6) is 0 Å². The van der Waals surface area contributed by atoms with Crippen LogP contribution < -0.4 is 5.32 Å². The Labute approximate surface area is 86.3 Å². The van der Waals surface area contributed by atoms with Gasteiger partial charge in [0, 0.05) is 13.1 Å². The van der Waals surface area contributed by atoms with Gasteiger partial charge in [0.05, 0.1) is 18.7 Å². The Balaban J connectivity index is 4.12. The number of aliphatic hydroxyl groups excluding tert-OH is 1. The van der Waals surface area contributed by atoms with E-state index in [-0.39, 0.29) is 12.5 Å². The molecule has 0 spiro atoms. The fourth-order valence-corrected chi connectivity index (χ4v) is 0.854. The number of hydrogen-bond donors (Lipinski definition) is 2. The highest BCUT2D eigenvalue weighted by molar-refractivity contribution is 5.78. The largest absolute Gasteiger partial charge is 0.394 e. The number of nitrogens with zero attached hydrogens (tertiary/aromatic N) is 1. The second-order valence-electron chi connectivity index (χ2n) is 4.46. The van der Waals surface area contributed by atoms with Gasteiger partial charge in [0.25, 0.3) is 0 Å². The number of aliphatic hydroxyl groups is 1. The quantitative estimate of drug-likeness (QED) is 0.670. The standard InChI is InChI=1S/C10H22N2O2/c1-8(2)11-6-9(14)12(5)10(3,4)7-13/h8,11,13H,6-7H2,1-5H3. The predicted octanol–water partition coefficient (Wildman–Crippen LogP) is 0.214. The van der Waals surface area contributed by atoms with Gasteiger partial charge in [-0.1, -0.05) is 13.8 Å². The molecule has 0 aliphatic rings. The molecule has 0 aliphatic carbocycles. The molecule has 0 rings (SSSR count). The van der Waals surface area contributed by atoms with Crippen LogP contribution in [0.1, 0.15) is 27.7 Å². The van der Waals surface area contributed by atoms with E-state index in [0.29, 0.717) is 12.6 Å². The summed E-state index contributed by atoms with van der Waals surface area (Å²) in [6.45, 7) is 7.93. The maximum Gasteiger partial charge on any atom is 0.236 e. The van der Waals surface area contributed by atoms with E-state index in [4.69, 9.17) is 5.11 Å². The van der Waals surface area contributed by atoms with Crippen LogP contribution in [-0.2, 0) is 4.79 Å². The fourth-order valence-electron chi connectivity index (χ4n) is 0.854. The lowest BCUT2D eigenvalue weighted by molar-refractivity contribution is -0.135. The number of likely N-dealkylation sites (N-methyl/N-ethyl adjacent to an activating group) is 1. The number of rotatable bonds is 5. The molecule has 0 atom stereocenters. The van der Waals surface area contributed by atoms with Crippen molar-refractivity contribution < 1.29 is 9.90 Å².